The Bertz CT molecular complexity index is 989. The van der Waals surface area contributed by atoms with E-state index in [9.17, 15) is 14.0 Å². The van der Waals surface area contributed by atoms with Crippen LogP contribution in [0.1, 0.15) is 53.9 Å². The highest BCUT2D eigenvalue weighted by Gasteiger charge is 2.42. The zero-order valence-corrected chi connectivity index (χ0v) is 21.0. The maximum Gasteiger partial charge on any atom is 0.255 e. The fourth-order valence-electron chi connectivity index (χ4n) is 4.68. The molecule has 3 unspecified atom stereocenters. The number of carbonyl (C=O) groups excluding carboxylic acids is 2. The number of thioether (sulfide) groups is 1. The molecule has 4 rings (SSSR count). The van der Waals surface area contributed by atoms with Crippen molar-refractivity contribution in [3.05, 3.63) is 70.5 Å². The van der Waals surface area contributed by atoms with Crippen molar-refractivity contribution in [1.82, 2.24) is 15.1 Å². The predicted molar refractivity (Wildman–Crippen MR) is 136 cm³/mol. The van der Waals surface area contributed by atoms with Crippen LogP contribution < -0.4 is 5.32 Å². The van der Waals surface area contributed by atoms with Gasteiger partial charge in [-0.15, -0.1) is 11.8 Å². The number of nitrogens with one attached hydrogen (secondary N) is 1. The van der Waals surface area contributed by atoms with Gasteiger partial charge in [0.15, 0.2) is 0 Å². The minimum absolute atomic E-state index is 0.147. The predicted octanol–water partition coefficient (Wildman–Crippen LogP) is 5.12. The van der Waals surface area contributed by atoms with Gasteiger partial charge in [0, 0.05) is 35.5 Å². The van der Waals surface area contributed by atoms with E-state index in [0.717, 1.165) is 25.1 Å². The van der Waals surface area contributed by atoms with Crippen molar-refractivity contribution < 1.29 is 14.0 Å². The number of hydrogen-bond donors (Lipinski definition) is 1. The fourth-order valence-corrected chi connectivity index (χ4v) is 6.24. The molecular weight excluding hydrogens is 473 g/mol. The molecule has 0 aliphatic carbocycles. The summed E-state index contributed by atoms with van der Waals surface area (Å²) in [5.74, 6) is -0.236. The molecule has 2 saturated heterocycles. The number of benzene rings is 2. The van der Waals surface area contributed by atoms with E-state index in [0.29, 0.717) is 28.9 Å². The van der Waals surface area contributed by atoms with Crippen LogP contribution in [0.3, 0.4) is 0 Å². The van der Waals surface area contributed by atoms with Crippen molar-refractivity contribution in [1.29, 1.82) is 0 Å². The maximum absolute atomic E-state index is 13.5. The average molecular weight is 504 g/mol. The Balaban J connectivity index is 1.44. The van der Waals surface area contributed by atoms with Crippen LogP contribution in [-0.2, 0) is 4.79 Å². The summed E-state index contributed by atoms with van der Waals surface area (Å²) >= 11 is 7.52. The Kier molecular flexibility index (Phi) is 8.51. The molecule has 2 aromatic rings. The zero-order chi connectivity index (χ0) is 24.1. The van der Waals surface area contributed by atoms with Crippen molar-refractivity contribution in [2.75, 3.05) is 25.4 Å². The van der Waals surface area contributed by atoms with Crippen LogP contribution in [-0.4, -0.2) is 59.1 Å². The molecule has 34 heavy (non-hydrogen) atoms. The van der Waals surface area contributed by atoms with Crippen molar-refractivity contribution in [3.8, 4) is 0 Å². The molecule has 2 amide bonds. The number of piperidine rings is 1. The SMILES string of the molecule is CC1CCCCN1CCCNC(=O)C1CSC(c2ccc(F)cc2)N1C(=O)c1ccc(Cl)cc1. The quantitative estimate of drug-likeness (QED) is 0.533. The van der Waals surface area contributed by atoms with Gasteiger partial charge in [0.25, 0.3) is 5.91 Å². The van der Waals surface area contributed by atoms with Crippen LogP contribution in [0.5, 0.6) is 0 Å². The number of amides is 2. The molecule has 0 radical (unpaired) electrons. The Hall–Kier alpha value is -2.09. The van der Waals surface area contributed by atoms with E-state index in [1.807, 2.05) is 0 Å². The van der Waals surface area contributed by atoms with Crippen LogP contribution >= 0.6 is 23.4 Å². The standard InChI is InChI=1S/C26H31ClFN3O2S/c1-18-5-2-3-15-30(18)16-4-14-29-24(32)23-17-34-26(20-8-12-22(28)13-9-20)31(23)25(33)19-6-10-21(27)11-7-19/h6-13,18,23,26H,2-5,14-17H2,1H3,(H,29,32). The lowest BCUT2D eigenvalue weighted by Gasteiger charge is -2.33. The summed E-state index contributed by atoms with van der Waals surface area (Å²) in [5, 5.41) is 3.23. The molecule has 182 valence electrons. The van der Waals surface area contributed by atoms with E-state index in [4.69, 9.17) is 11.6 Å². The molecule has 2 aliphatic heterocycles. The normalized spacial score (nSPS) is 23.1. The molecule has 0 saturated carbocycles. The first-order chi connectivity index (χ1) is 16.4. The van der Waals surface area contributed by atoms with Gasteiger partial charge in [0.1, 0.15) is 17.2 Å². The molecule has 2 aliphatic rings. The van der Waals surface area contributed by atoms with Gasteiger partial charge < -0.3 is 15.1 Å². The van der Waals surface area contributed by atoms with Crippen molar-refractivity contribution in [3.63, 3.8) is 0 Å². The zero-order valence-electron chi connectivity index (χ0n) is 19.4. The molecule has 1 N–H and O–H groups in total. The highest BCUT2D eigenvalue weighted by molar-refractivity contribution is 7.99. The Morgan fingerprint density at radius 1 is 1.12 bits per heavy atom. The van der Waals surface area contributed by atoms with Crippen LogP contribution in [0.25, 0.3) is 0 Å². The fraction of sp³-hybridized carbons (Fsp3) is 0.462. The molecule has 0 bridgehead atoms. The minimum atomic E-state index is -0.600. The number of hydrogen-bond acceptors (Lipinski definition) is 4. The van der Waals surface area contributed by atoms with Crippen LogP contribution in [0, 0.1) is 5.82 Å². The summed E-state index contributed by atoms with van der Waals surface area (Å²) in [5.41, 5.74) is 1.26. The Morgan fingerprint density at radius 3 is 2.56 bits per heavy atom. The molecule has 0 spiro atoms. The third-order valence-electron chi connectivity index (χ3n) is 6.65. The van der Waals surface area contributed by atoms with Gasteiger partial charge in [-0.3, -0.25) is 9.59 Å². The van der Waals surface area contributed by atoms with E-state index in [-0.39, 0.29) is 23.0 Å². The Morgan fingerprint density at radius 2 is 1.85 bits per heavy atom. The van der Waals surface area contributed by atoms with E-state index in [1.165, 1.54) is 43.2 Å². The summed E-state index contributed by atoms with van der Waals surface area (Å²) < 4.78 is 13.5. The topological polar surface area (TPSA) is 52.7 Å². The average Bonchev–Trinajstić information content (AvgIpc) is 3.28. The largest absolute Gasteiger partial charge is 0.354 e. The molecule has 2 aromatic carbocycles. The second-order valence-corrected chi connectivity index (χ2v) is 10.5. The number of carbonyl (C=O) groups is 2. The summed E-state index contributed by atoms with van der Waals surface area (Å²) in [6.45, 7) is 4.93. The van der Waals surface area contributed by atoms with Gasteiger partial charge in [-0.1, -0.05) is 30.2 Å². The van der Waals surface area contributed by atoms with Crippen LogP contribution in [0.2, 0.25) is 5.02 Å². The van der Waals surface area contributed by atoms with Gasteiger partial charge >= 0.3 is 0 Å². The molecule has 0 aromatic heterocycles. The molecule has 2 heterocycles. The lowest BCUT2D eigenvalue weighted by atomic mass is 10.0. The van der Waals surface area contributed by atoms with E-state index < -0.39 is 6.04 Å². The molecule has 8 heteroatoms. The number of nitrogens with zero attached hydrogens (tertiary/aromatic N) is 2. The number of halogens is 2. The summed E-state index contributed by atoms with van der Waals surface area (Å²) in [6.07, 6.45) is 4.64. The second kappa shape index (κ2) is 11.6. The van der Waals surface area contributed by atoms with E-state index >= 15 is 0 Å². The third-order valence-corrected chi connectivity index (χ3v) is 8.22. The number of likely N-dealkylation sites (tertiary alicyclic amines) is 1. The first kappa shape index (κ1) is 25.0. The van der Waals surface area contributed by atoms with Gasteiger partial charge in [-0.2, -0.15) is 0 Å². The molecule has 3 atom stereocenters. The van der Waals surface area contributed by atoms with Gasteiger partial charge in [-0.05, 0) is 74.7 Å². The first-order valence-electron chi connectivity index (χ1n) is 11.9. The molecular formula is C26H31ClFN3O2S. The number of rotatable bonds is 7. The lowest BCUT2D eigenvalue weighted by molar-refractivity contribution is -0.124. The highest BCUT2D eigenvalue weighted by Crippen LogP contribution is 2.42. The molecule has 2 fully saturated rings. The minimum Gasteiger partial charge on any atom is -0.354 e. The maximum atomic E-state index is 13.5. The summed E-state index contributed by atoms with van der Waals surface area (Å²) in [6, 6.07) is 12.8. The second-order valence-electron chi connectivity index (χ2n) is 9.00. The van der Waals surface area contributed by atoms with Crippen molar-refractivity contribution in [2.24, 2.45) is 0 Å². The lowest BCUT2D eigenvalue weighted by Crippen LogP contribution is -2.48. The van der Waals surface area contributed by atoms with Crippen LogP contribution in [0.15, 0.2) is 48.5 Å². The summed E-state index contributed by atoms with van der Waals surface area (Å²) in [7, 11) is 0. The first-order valence-corrected chi connectivity index (χ1v) is 13.3. The van der Waals surface area contributed by atoms with Gasteiger partial charge in [-0.25, -0.2) is 4.39 Å². The van der Waals surface area contributed by atoms with Crippen molar-refractivity contribution in [2.45, 2.75) is 50.1 Å². The smallest absolute Gasteiger partial charge is 0.255 e. The van der Waals surface area contributed by atoms with Gasteiger partial charge in [0.05, 0.1) is 0 Å². The van der Waals surface area contributed by atoms with Crippen molar-refractivity contribution >= 4 is 35.2 Å². The highest BCUT2D eigenvalue weighted by atomic mass is 35.5. The summed E-state index contributed by atoms with van der Waals surface area (Å²) in [4.78, 5) is 30.8. The molecule has 5 nitrogen and oxygen atoms in total. The Labute approximate surface area is 210 Å². The third kappa shape index (κ3) is 5.93. The van der Waals surface area contributed by atoms with E-state index in [1.54, 1.807) is 41.3 Å². The van der Waals surface area contributed by atoms with Gasteiger partial charge in [0.2, 0.25) is 5.91 Å². The van der Waals surface area contributed by atoms with Crippen LogP contribution in [0.4, 0.5) is 4.39 Å². The van der Waals surface area contributed by atoms with E-state index in [2.05, 4.69) is 17.1 Å². The monoisotopic (exact) mass is 503 g/mol.